The Kier molecular flexibility index (Phi) is 19.7. The van der Waals surface area contributed by atoms with Crippen LogP contribution in [-0.4, -0.2) is 55.2 Å². The maximum absolute atomic E-state index is 16.4. The lowest BCUT2D eigenvalue weighted by molar-refractivity contribution is -0.139. The maximum Gasteiger partial charge on any atom is 0.333 e. The number of hydrogen-bond donors (Lipinski definition) is 2. The van der Waals surface area contributed by atoms with Gasteiger partial charge in [-0.15, -0.1) is 0 Å². The molecule has 66 heavy (non-hydrogen) atoms. The molecular formula is C56H69F3O7. The fourth-order valence-corrected chi connectivity index (χ4v) is 8.87. The highest BCUT2D eigenvalue weighted by Crippen LogP contribution is 2.40. The third-order valence-electron chi connectivity index (χ3n) is 13.3. The van der Waals surface area contributed by atoms with Gasteiger partial charge in [-0.25, -0.2) is 22.8 Å². The Morgan fingerprint density at radius 1 is 0.652 bits per heavy atom. The molecule has 2 N–H and O–H groups in total. The molecule has 0 amide bonds. The zero-order valence-electron chi connectivity index (χ0n) is 39.4. The highest BCUT2D eigenvalue weighted by molar-refractivity contribution is 5.87. The third-order valence-corrected chi connectivity index (χ3v) is 13.3. The standard InChI is InChI=1S/C56H69F3O7/c1-7-9-10-13-39-16-18-40(19-17-39)41-20-23-47(50(57)32-41)42-21-24-48(51(58)33-42)43-22-25-49(52(59)34-43)46-30-44(14-11-27-65-54(62)37(3)4)53(64-29-26-56(8-2,35-60)36-61)45(31-46)15-12-28-66-55(63)38(5)6/h20-25,30-34,39-40,60-61H,3,5,7-19,26-29,35-36H2,1-2,4,6H3. The van der Waals surface area contributed by atoms with E-state index in [4.69, 9.17) is 14.2 Å². The van der Waals surface area contributed by atoms with E-state index >= 15 is 13.2 Å². The molecule has 1 fully saturated rings. The van der Waals surface area contributed by atoms with Crippen molar-refractivity contribution in [3.63, 3.8) is 0 Å². The molecule has 1 aliphatic carbocycles. The zero-order chi connectivity index (χ0) is 47.8. The van der Waals surface area contributed by atoms with Crippen LogP contribution in [0.2, 0.25) is 0 Å². The van der Waals surface area contributed by atoms with E-state index in [1.165, 1.54) is 50.7 Å². The van der Waals surface area contributed by atoms with Crippen molar-refractivity contribution in [2.45, 2.75) is 124 Å². The second-order valence-corrected chi connectivity index (χ2v) is 18.3. The first-order valence-electron chi connectivity index (χ1n) is 23.8. The summed E-state index contributed by atoms with van der Waals surface area (Å²) in [6.45, 7) is 14.4. The van der Waals surface area contributed by atoms with Gasteiger partial charge < -0.3 is 24.4 Å². The molecule has 0 aromatic heterocycles. The van der Waals surface area contributed by atoms with E-state index in [1.54, 1.807) is 50.2 Å². The van der Waals surface area contributed by atoms with Crippen LogP contribution in [0.1, 0.15) is 127 Å². The second-order valence-electron chi connectivity index (χ2n) is 18.3. The van der Waals surface area contributed by atoms with Gasteiger partial charge in [0.15, 0.2) is 0 Å². The van der Waals surface area contributed by atoms with Crippen molar-refractivity contribution in [3.8, 4) is 39.1 Å². The summed E-state index contributed by atoms with van der Waals surface area (Å²) in [4.78, 5) is 24.3. The Bertz CT molecular complexity index is 2230. The number of unbranched alkanes of at least 4 members (excludes halogenated alkanes) is 2. The van der Waals surface area contributed by atoms with Gasteiger partial charge in [0.05, 0.1) is 33.0 Å². The summed E-state index contributed by atoms with van der Waals surface area (Å²) in [6, 6.07) is 18.0. The van der Waals surface area contributed by atoms with E-state index in [1.807, 2.05) is 25.1 Å². The summed E-state index contributed by atoms with van der Waals surface area (Å²) >= 11 is 0. The molecule has 0 aliphatic heterocycles. The molecule has 4 aromatic carbocycles. The largest absolute Gasteiger partial charge is 0.493 e. The SMILES string of the molecule is C=C(C)C(=O)OCCCc1cc(-c2ccc(-c3ccc(-c4ccc(C5CCC(CCCCC)CC5)cc4F)cc3F)cc2F)cc(CCCOC(=O)C(=C)C)c1OCCC(CC)(CO)CO. The smallest absolute Gasteiger partial charge is 0.333 e. The first-order valence-corrected chi connectivity index (χ1v) is 23.8. The average Bonchev–Trinajstić information content (AvgIpc) is 3.31. The van der Waals surface area contributed by atoms with Crippen LogP contribution in [0.4, 0.5) is 13.2 Å². The Hall–Kier alpha value is -5.19. The van der Waals surface area contributed by atoms with E-state index in [0.717, 1.165) is 24.3 Å². The van der Waals surface area contributed by atoms with Crippen LogP contribution in [-0.2, 0) is 31.9 Å². The maximum atomic E-state index is 16.4. The predicted octanol–water partition coefficient (Wildman–Crippen LogP) is 13.2. The molecule has 1 saturated carbocycles. The summed E-state index contributed by atoms with van der Waals surface area (Å²) in [5, 5.41) is 20.2. The van der Waals surface area contributed by atoms with Gasteiger partial charge in [-0.2, -0.15) is 0 Å². The van der Waals surface area contributed by atoms with Crippen LogP contribution >= 0.6 is 0 Å². The van der Waals surface area contributed by atoms with Crippen molar-refractivity contribution in [1.29, 1.82) is 0 Å². The van der Waals surface area contributed by atoms with E-state index in [-0.39, 0.29) is 61.1 Å². The lowest BCUT2D eigenvalue weighted by Crippen LogP contribution is -2.31. The molecule has 1 aliphatic rings. The molecule has 0 bridgehead atoms. The summed E-state index contributed by atoms with van der Waals surface area (Å²) in [5.74, 6) is -1.00. The number of ether oxygens (including phenoxy) is 3. The topological polar surface area (TPSA) is 102 Å². The van der Waals surface area contributed by atoms with Crippen molar-refractivity contribution in [3.05, 3.63) is 125 Å². The minimum atomic E-state index is -0.744. The second kappa shape index (κ2) is 25.1. The number of carbonyl (C=O) groups is 2. The van der Waals surface area contributed by atoms with Crippen molar-refractivity contribution >= 4 is 11.9 Å². The van der Waals surface area contributed by atoms with Crippen LogP contribution in [0, 0.1) is 28.8 Å². The van der Waals surface area contributed by atoms with E-state index in [9.17, 15) is 19.8 Å². The molecule has 10 heteroatoms. The summed E-state index contributed by atoms with van der Waals surface area (Å²) in [5.41, 5.74) is 4.19. The fourth-order valence-electron chi connectivity index (χ4n) is 8.87. The number of rotatable bonds is 25. The first-order chi connectivity index (χ1) is 31.7. The van der Waals surface area contributed by atoms with Gasteiger partial charge in [0.1, 0.15) is 23.2 Å². The Labute approximate surface area is 390 Å². The number of halogens is 3. The van der Waals surface area contributed by atoms with Crippen molar-refractivity contribution in [2.75, 3.05) is 33.0 Å². The highest BCUT2D eigenvalue weighted by atomic mass is 19.1. The van der Waals surface area contributed by atoms with Crippen LogP contribution in [0.5, 0.6) is 5.75 Å². The fraction of sp³-hybridized carbons (Fsp3) is 0.464. The quantitative estimate of drug-likeness (QED) is 0.0388. The summed E-state index contributed by atoms with van der Waals surface area (Å²) in [7, 11) is 0. The number of carbonyl (C=O) groups excluding carboxylic acids is 2. The number of benzene rings is 4. The number of aliphatic hydroxyl groups excluding tert-OH is 2. The Morgan fingerprint density at radius 2 is 1.15 bits per heavy atom. The molecule has 0 unspecified atom stereocenters. The molecule has 5 rings (SSSR count). The van der Waals surface area contributed by atoms with E-state index < -0.39 is 29.0 Å². The first kappa shape index (κ1) is 51.8. The van der Waals surface area contributed by atoms with Gasteiger partial charge in [-0.1, -0.05) is 89.1 Å². The van der Waals surface area contributed by atoms with Gasteiger partial charge in [-0.05, 0) is 154 Å². The van der Waals surface area contributed by atoms with Crippen molar-refractivity contribution in [1.82, 2.24) is 0 Å². The van der Waals surface area contributed by atoms with Crippen LogP contribution < -0.4 is 4.74 Å². The summed E-state index contributed by atoms with van der Waals surface area (Å²) < 4.78 is 65.2. The molecule has 0 radical (unpaired) electrons. The van der Waals surface area contributed by atoms with Gasteiger partial charge >= 0.3 is 11.9 Å². The minimum Gasteiger partial charge on any atom is -0.493 e. The van der Waals surface area contributed by atoms with E-state index in [2.05, 4.69) is 20.1 Å². The van der Waals surface area contributed by atoms with Crippen LogP contribution in [0.15, 0.2) is 91.0 Å². The molecule has 0 spiro atoms. The minimum absolute atomic E-state index is 0.0982. The molecule has 4 aromatic rings. The Morgan fingerprint density at radius 3 is 1.61 bits per heavy atom. The van der Waals surface area contributed by atoms with Crippen molar-refractivity contribution in [2.24, 2.45) is 11.3 Å². The zero-order valence-corrected chi connectivity index (χ0v) is 39.4. The number of aryl methyl sites for hydroxylation is 2. The number of aliphatic hydroxyl groups is 2. The third kappa shape index (κ3) is 13.9. The highest BCUT2D eigenvalue weighted by Gasteiger charge is 2.28. The van der Waals surface area contributed by atoms with Gasteiger partial charge in [0.2, 0.25) is 0 Å². The molecule has 7 nitrogen and oxygen atoms in total. The monoisotopic (exact) mass is 910 g/mol. The number of esters is 2. The van der Waals surface area contributed by atoms with Crippen LogP contribution in [0.3, 0.4) is 0 Å². The molecular weight excluding hydrogens is 842 g/mol. The van der Waals surface area contributed by atoms with Gasteiger partial charge in [0.25, 0.3) is 0 Å². The normalized spacial score (nSPS) is 15.0. The van der Waals surface area contributed by atoms with Crippen molar-refractivity contribution < 1.29 is 47.2 Å². The molecule has 356 valence electrons. The van der Waals surface area contributed by atoms with Gasteiger partial charge in [0, 0.05) is 33.3 Å². The van der Waals surface area contributed by atoms with Crippen LogP contribution in [0.25, 0.3) is 33.4 Å². The molecule has 0 saturated heterocycles. The predicted molar refractivity (Wildman–Crippen MR) is 257 cm³/mol. The number of hydrogen-bond acceptors (Lipinski definition) is 7. The molecule has 0 atom stereocenters. The lowest BCUT2D eigenvalue weighted by Gasteiger charge is -2.29. The van der Waals surface area contributed by atoms with E-state index in [0.29, 0.717) is 83.6 Å². The molecule has 0 heterocycles. The lowest BCUT2D eigenvalue weighted by atomic mass is 9.77. The average molecular weight is 911 g/mol. The Balaban J connectivity index is 1.41. The summed E-state index contributed by atoms with van der Waals surface area (Å²) in [6.07, 6.45) is 12.0. The van der Waals surface area contributed by atoms with Gasteiger partial charge in [-0.3, -0.25) is 0 Å².